The Morgan fingerprint density at radius 1 is 0.328 bits per heavy atom. The summed E-state index contributed by atoms with van der Waals surface area (Å²) in [7, 11) is 0. The lowest BCUT2D eigenvalue weighted by Crippen LogP contribution is -2.11. The van der Waals surface area contributed by atoms with Crippen LogP contribution in [-0.2, 0) is 0 Å². The second-order valence-corrected chi connectivity index (χ2v) is 16.7. The second kappa shape index (κ2) is 14.5. The first-order valence-corrected chi connectivity index (χ1v) is 21.6. The Morgan fingerprint density at radius 2 is 0.902 bits per heavy atom. The quantitative estimate of drug-likeness (QED) is 0.160. The zero-order valence-corrected chi connectivity index (χ0v) is 33.9. The van der Waals surface area contributed by atoms with Crippen LogP contribution in [0.3, 0.4) is 0 Å². The van der Waals surface area contributed by atoms with Gasteiger partial charge in [0.05, 0.1) is 5.69 Å². The smallest absolute Gasteiger partial charge is 0.136 e. The van der Waals surface area contributed by atoms with Crippen molar-refractivity contribution in [3.05, 3.63) is 224 Å². The molecule has 0 spiro atoms. The maximum atomic E-state index is 6.27. The van der Waals surface area contributed by atoms with Gasteiger partial charge >= 0.3 is 0 Å². The number of fused-ring (bicyclic) bond motifs is 7. The van der Waals surface area contributed by atoms with Gasteiger partial charge in [-0.05, 0) is 116 Å². The molecule has 2 aromatic heterocycles. The van der Waals surface area contributed by atoms with Gasteiger partial charge in [0.25, 0.3) is 0 Å². The first kappa shape index (κ1) is 35.2. The molecule has 0 N–H and O–H groups in total. The van der Waals surface area contributed by atoms with Crippen molar-refractivity contribution >= 4 is 81.3 Å². The van der Waals surface area contributed by atoms with Crippen LogP contribution in [0.25, 0.3) is 97.4 Å². The van der Waals surface area contributed by atoms with Crippen LogP contribution in [0.15, 0.2) is 229 Å². The number of rotatable bonds is 7. The number of thiophene rings is 1. The minimum absolute atomic E-state index is 0.899. The van der Waals surface area contributed by atoms with Gasteiger partial charge in [0.15, 0.2) is 0 Å². The summed E-state index contributed by atoms with van der Waals surface area (Å²) in [6.07, 6.45) is 0. The number of hydrogen-bond donors (Lipinski definition) is 0. The molecule has 0 aliphatic carbocycles. The molecule has 0 aliphatic rings. The van der Waals surface area contributed by atoms with E-state index >= 15 is 0 Å². The van der Waals surface area contributed by atoms with Crippen LogP contribution in [0.2, 0.25) is 0 Å². The van der Waals surface area contributed by atoms with Crippen molar-refractivity contribution in [2.75, 3.05) is 4.90 Å². The van der Waals surface area contributed by atoms with E-state index in [1.54, 1.807) is 0 Å². The van der Waals surface area contributed by atoms with Gasteiger partial charge in [0, 0.05) is 47.9 Å². The van der Waals surface area contributed by atoms with Gasteiger partial charge in [0.2, 0.25) is 0 Å². The molecule has 2 nitrogen and oxygen atoms in total. The Morgan fingerprint density at radius 3 is 1.75 bits per heavy atom. The third-order valence-electron chi connectivity index (χ3n) is 12.1. The molecule has 0 atom stereocenters. The van der Waals surface area contributed by atoms with E-state index in [-0.39, 0.29) is 0 Å². The summed E-state index contributed by atoms with van der Waals surface area (Å²) < 4.78 is 8.91. The molecule has 0 radical (unpaired) electrons. The third kappa shape index (κ3) is 6.09. The molecule has 12 aromatic rings. The van der Waals surface area contributed by atoms with E-state index in [4.69, 9.17) is 4.42 Å². The molecule has 0 unspecified atom stereocenters. The molecule has 0 aliphatic heterocycles. The minimum Gasteiger partial charge on any atom is -0.456 e. The maximum absolute atomic E-state index is 6.27. The van der Waals surface area contributed by atoms with E-state index in [0.717, 1.165) is 61.3 Å². The van der Waals surface area contributed by atoms with Crippen molar-refractivity contribution in [2.45, 2.75) is 0 Å². The highest BCUT2D eigenvalue weighted by molar-refractivity contribution is 7.25. The summed E-state index contributed by atoms with van der Waals surface area (Å²) in [5.74, 6) is 0. The average Bonchev–Trinajstić information content (AvgIpc) is 3.90. The normalized spacial score (nSPS) is 11.6. The van der Waals surface area contributed by atoms with Gasteiger partial charge in [0.1, 0.15) is 11.2 Å². The fourth-order valence-electron chi connectivity index (χ4n) is 9.19. The number of anilines is 3. The Balaban J connectivity index is 0.987. The molecule has 0 amide bonds. The van der Waals surface area contributed by atoms with Gasteiger partial charge in [-0.2, -0.15) is 0 Å². The molecule has 3 heteroatoms. The predicted octanol–water partition coefficient (Wildman–Crippen LogP) is 17.2. The number of benzene rings is 10. The first-order valence-electron chi connectivity index (χ1n) is 20.7. The molecule has 0 fully saturated rings. The first-order chi connectivity index (χ1) is 30.2. The van der Waals surface area contributed by atoms with Crippen molar-refractivity contribution in [3.8, 4) is 44.5 Å². The fourth-order valence-corrected chi connectivity index (χ4v) is 10.3. The molecule has 0 saturated carbocycles. The van der Waals surface area contributed by atoms with Gasteiger partial charge in [-0.1, -0.05) is 158 Å². The average molecular weight is 796 g/mol. The Kier molecular flexibility index (Phi) is 8.39. The highest BCUT2D eigenvalue weighted by atomic mass is 32.1. The SMILES string of the molecule is c1cc(-c2ccccc2N(c2ccc(-c3ccc4sc5ccccc5c4c3)cc2)c2ccc(-c3cccc4oc5ccccc5c34)cc2)cc(-c2cccc3ccccc23)c1. The van der Waals surface area contributed by atoms with Crippen molar-refractivity contribution < 1.29 is 4.42 Å². The monoisotopic (exact) mass is 795 g/mol. The number of para-hydroxylation sites is 2. The molecule has 10 aromatic carbocycles. The molecule has 0 saturated heterocycles. The van der Waals surface area contributed by atoms with Crippen molar-refractivity contribution in [1.29, 1.82) is 0 Å². The lowest BCUT2D eigenvalue weighted by molar-refractivity contribution is 0.669. The van der Waals surface area contributed by atoms with E-state index in [1.807, 2.05) is 23.5 Å². The van der Waals surface area contributed by atoms with Gasteiger partial charge in [-0.15, -0.1) is 11.3 Å². The van der Waals surface area contributed by atoms with Crippen LogP contribution in [0.4, 0.5) is 17.1 Å². The molecular formula is C58H37NOS. The van der Waals surface area contributed by atoms with Crippen LogP contribution < -0.4 is 4.90 Å². The van der Waals surface area contributed by atoms with Crippen LogP contribution in [0.1, 0.15) is 0 Å². The molecule has 286 valence electrons. The standard InChI is InChI=1S/C58H37NOS/c1-2-16-46-39(12-1)13-10-20-47(46)42-14-9-15-43(36-42)48-17-3-6-22-53(48)59(44-31-26-38(27-32-44)41-30-35-57-52(37-41)50-18-5-8-25-56(50)61-57)45-33-28-40(29-34-45)49-21-11-24-55-58(49)51-19-4-7-23-54(51)60-55/h1-37H. The minimum atomic E-state index is 0.899. The van der Waals surface area contributed by atoms with Crippen LogP contribution in [0, 0.1) is 0 Å². The van der Waals surface area contributed by atoms with Crippen molar-refractivity contribution in [3.63, 3.8) is 0 Å². The summed E-state index contributed by atoms with van der Waals surface area (Å²) in [6.45, 7) is 0. The van der Waals surface area contributed by atoms with E-state index in [9.17, 15) is 0 Å². The summed E-state index contributed by atoms with van der Waals surface area (Å²) in [5.41, 5.74) is 14.5. The molecule has 0 bridgehead atoms. The Hall–Kier alpha value is -7.72. The van der Waals surface area contributed by atoms with Gasteiger partial charge in [-0.3, -0.25) is 0 Å². The highest BCUT2D eigenvalue weighted by Crippen LogP contribution is 2.44. The van der Waals surface area contributed by atoms with Crippen LogP contribution >= 0.6 is 11.3 Å². The van der Waals surface area contributed by atoms with Crippen LogP contribution in [0.5, 0.6) is 0 Å². The zero-order chi connectivity index (χ0) is 40.3. The second-order valence-electron chi connectivity index (χ2n) is 15.6. The van der Waals surface area contributed by atoms with E-state index in [2.05, 4.69) is 217 Å². The van der Waals surface area contributed by atoms with Gasteiger partial charge in [-0.25, -0.2) is 0 Å². The molecule has 2 heterocycles. The topological polar surface area (TPSA) is 16.4 Å². The Bertz CT molecular complexity index is 3590. The van der Waals surface area contributed by atoms with E-state index < -0.39 is 0 Å². The summed E-state index contributed by atoms with van der Waals surface area (Å²) in [5, 5.41) is 7.39. The lowest BCUT2D eigenvalue weighted by Gasteiger charge is -2.28. The third-order valence-corrected chi connectivity index (χ3v) is 13.2. The molecular weight excluding hydrogens is 759 g/mol. The van der Waals surface area contributed by atoms with Crippen molar-refractivity contribution in [1.82, 2.24) is 0 Å². The molecule has 61 heavy (non-hydrogen) atoms. The fraction of sp³-hybridized carbons (Fsp3) is 0. The van der Waals surface area contributed by atoms with E-state index in [1.165, 1.54) is 53.2 Å². The number of nitrogens with zero attached hydrogens (tertiary/aromatic N) is 1. The van der Waals surface area contributed by atoms with Gasteiger partial charge < -0.3 is 9.32 Å². The van der Waals surface area contributed by atoms with E-state index in [0.29, 0.717) is 0 Å². The zero-order valence-electron chi connectivity index (χ0n) is 33.1. The number of furan rings is 1. The Labute approximate surface area is 357 Å². The lowest BCUT2D eigenvalue weighted by atomic mass is 9.94. The number of hydrogen-bond acceptors (Lipinski definition) is 3. The van der Waals surface area contributed by atoms with Crippen molar-refractivity contribution in [2.24, 2.45) is 0 Å². The van der Waals surface area contributed by atoms with Crippen LogP contribution in [-0.4, -0.2) is 0 Å². The highest BCUT2D eigenvalue weighted by Gasteiger charge is 2.19. The predicted molar refractivity (Wildman–Crippen MR) is 261 cm³/mol. The summed E-state index contributed by atoms with van der Waals surface area (Å²) >= 11 is 1.86. The largest absolute Gasteiger partial charge is 0.456 e. The molecule has 12 rings (SSSR count). The maximum Gasteiger partial charge on any atom is 0.136 e. The summed E-state index contributed by atoms with van der Waals surface area (Å²) in [6, 6.07) is 81.3. The summed E-state index contributed by atoms with van der Waals surface area (Å²) in [4.78, 5) is 2.40.